The maximum Gasteiger partial charge on any atom is 0.0332 e. The van der Waals surface area contributed by atoms with E-state index in [-0.39, 0.29) is 0 Å². The fourth-order valence-electron chi connectivity index (χ4n) is 2.54. The van der Waals surface area contributed by atoms with Gasteiger partial charge in [0, 0.05) is 6.04 Å². The zero-order valence-corrected chi connectivity index (χ0v) is 14.0. The Bertz CT molecular complexity index is 383. The molecule has 0 bridgehead atoms. The van der Waals surface area contributed by atoms with Crippen molar-refractivity contribution >= 4 is 0 Å². The van der Waals surface area contributed by atoms with Crippen LogP contribution < -0.4 is 5.32 Å². The lowest BCUT2D eigenvalue weighted by Gasteiger charge is -2.24. The van der Waals surface area contributed by atoms with Crippen molar-refractivity contribution in [3.8, 4) is 0 Å². The second-order valence-electron chi connectivity index (χ2n) is 5.67. The first kappa shape index (κ1) is 17.2. The standard InChI is InChI=1S/C18H32N2/c1-6-12-19-18(11-13-20(7-2)8-3)17-10-9-15(4)16(5)14-17/h9-10,14,18-19H,6-8,11-13H2,1-5H3. The molecule has 1 aromatic carbocycles. The first-order valence-corrected chi connectivity index (χ1v) is 8.15. The van der Waals surface area contributed by atoms with E-state index in [9.17, 15) is 0 Å². The van der Waals surface area contributed by atoms with Gasteiger partial charge in [-0.1, -0.05) is 39.0 Å². The van der Waals surface area contributed by atoms with Crippen LogP contribution in [0.25, 0.3) is 0 Å². The van der Waals surface area contributed by atoms with Crippen LogP contribution in [0.4, 0.5) is 0 Å². The Labute approximate surface area is 125 Å². The number of hydrogen-bond donors (Lipinski definition) is 1. The number of nitrogens with one attached hydrogen (secondary N) is 1. The maximum absolute atomic E-state index is 3.71. The van der Waals surface area contributed by atoms with E-state index in [0.717, 1.165) is 19.6 Å². The van der Waals surface area contributed by atoms with Gasteiger partial charge < -0.3 is 10.2 Å². The summed E-state index contributed by atoms with van der Waals surface area (Å²) in [5, 5.41) is 3.71. The van der Waals surface area contributed by atoms with Crippen molar-refractivity contribution in [3.05, 3.63) is 34.9 Å². The molecule has 1 rings (SSSR count). The van der Waals surface area contributed by atoms with Crippen molar-refractivity contribution in [1.29, 1.82) is 0 Å². The molecule has 0 saturated carbocycles. The average Bonchev–Trinajstić information content (AvgIpc) is 2.46. The van der Waals surface area contributed by atoms with Gasteiger partial charge in [-0.05, 0) is 69.6 Å². The van der Waals surface area contributed by atoms with Gasteiger partial charge in [0.2, 0.25) is 0 Å². The summed E-state index contributed by atoms with van der Waals surface area (Å²) in [5.74, 6) is 0. The van der Waals surface area contributed by atoms with Gasteiger partial charge >= 0.3 is 0 Å². The molecule has 0 spiro atoms. The van der Waals surface area contributed by atoms with Gasteiger partial charge in [-0.25, -0.2) is 0 Å². The van der Waals surface area contributed by atoms with Crippen LogP contribution in [0, 0.1) is 13.8 Å². The summed E-state index contributed by atoms with van der Waals surface area (Å²) >= 11 is 0. The van der Waals surface area contributed by atoms with Crippen LogP contribution in [0.3, 0.4) is 0 Å². The second kappa shape index (κ2) is 9.15. The van der Waals surface area contributed by atoms with E-state index in [1.54, 1.807) is 0 Å². The van der Waals surface area contributed by atoms with E-state index < -0.39 is 0 Å². The Balaban J connectivity index is 2.74. The third kappa shape index (κ3) is 5.26. The highest BCUT2D eigenvalue weighted by molar-refractivity contribution is 5.31. The summed E-state index contributed by atoms with van der Waals surface area (Å²) in [4.78, 5) is 2.50. The fourth-order valence-corrected chi connectivity index (χ4v) is 2.54. The molecular formula is C18H32N2. The van der Waals surface area contributed by atoms with Gasteiger partial charge in [0.05, 0.1) is 0 Å². The number of hydrogen-bond acceptors (Lipinski definition) is 2. The molecule has 1 N–H and O–H groups in total. The summed E-state index contributed by atoms with van der Waals surface area (Å²) in [6.07, 6.45) is 2.37. The lowest BCUT2D eigenvalue weighted by molar-refractivity contribution is 0.282. The number of benzene rings is 1. The minimum atomic E-state index is 0.481. The smallest absolute Gasteiger partial charge is 0.0332 e. The van der Waals surface area contributed by atoms with Crippen molar-refractivity contribution in [1.82, 2.24) is 10.2 Å². The summed E-state index contributed by atoms with van der Waals surface area (Å²) in [7, 11) is 0. The number of nitrogens with zero attached hydrogens (tertiary/aromatic N) is 1. The first-order chi connectivity index (χ1) is 9.62. The Kier molecular flexibility index (Phi) is 7.86. The SMILES string of the molecule is CCCNC(CCN(CC)CC)c1ccc(C)c(C)c1. The molecule has 2 heteroatoms. The molecule has 0 amide bonds. The van der Waals surface area contributed by atoms with Crippen LogP contribution in [0.2, 0.25) is 0 Å². The Hall–Kier alpha value is -0.860. The van der Waals surface area contributed by atoms with Gasteiger partial charge in [-0.2, -0.15) is 0 Å². The van der Waals surface area contributed by atoms with Gasteiger partial charge in [0.25, 0.3) is 0 Å². The van der Waals surface area contributed by atoms with Crippen LogP contribution >= 0.6 is 0 Å². The van der Waals surface area contributed by atoms with Crippen LogP contribution in [0.1, 0.15) is 56.3 Å². The van der Waals surface area contributed by atoms with E-state index in [1.165, 1.54) is 36.1 Å². The van der Waals surface area contributed by atoms with Gasteiger partial charge in [-0.3, -0.25) is 0 Å². The average molecular weight is 276 g/mol. The number of rotatable bonds is 9. The zero-order chi connectivity index (χ0) is 15.0. The molecular weight excluding hydrogens is 244 g/mol. The topological polar surface area (TPSA) is 15.3 Å². The molecule has 1 atom stereocenters. The zero-order valence-electron chi connectivity index (χ0n) is 14.0. The predicted molar refractivity (Wildman–Crippen MR) is 89.4 cm³/mol. The van der Waals surface area contributed by atoms with E-state index in [1.807, 2.05) is 0 Å². The number of aryl methyl sites for hydroxylation is 2. The molecule has 20 heavy (non-hydrogen) atoms. The molecule has 0 fully saturated rings. The molecule has 0 aliphatic heterocycles. The second-order valence-corrected chi connectivity index (χ2v) is 5.67. The van der Waals surface area contributed by atoms with E-state index >= 15 is 0 Å². The molecule has 114 valence electrons. The van der Waals surface area contributed by atoms with E-state index in [2.05, 4.69) is 63.0 Å². The van der Waals surface area contributed by atoms with Crippen LogP contribution in [-0.4, -0.2) is 31.1 Å². The molecule has 0 aliphatic rings. The third-order valence-corrected chi connectivity index (χ3v) is 4.20. The van der Waals surface area contributed by atoms with Crippen LogP contribution in [0.5, 0.6) is 0 Å². The summed E-state index contributed by atoms with van der Waals surface area (Å²) in [5.41, 5.74) is 4.22. The van der Waals surface area contributed by atoms with E-state index in [4.69, 9.17) is 0 Å². The predicted octanol–water partition coefficient (Wildman–Crippen LogP) is 4.08. The molecule has 0 aliphatic carbocycles. The van der Waals surface area contributed by atoms with Gasteiger partial charge in [0.15, 0.2) is 0 Å². The minimum Gasteiger partial charge on any atom is -0.310 e. The molecule has 0 radical (unpaired) electrons. The summed E-state index contributed by atoms with van der Waals surface area (Å²) < 4.78 is 0. The quantitative estimate of drug-likeness (QED) is 0.731. The highest BCUT2D eigenvalue weighted by Gasteiger charge is 2.12. The Morgan fingerprint density at radius 2 is 1.75 bits per heavy atom. The molecule has 1 aromatic rings. The highest BCUT2D eigenvalue weighted by Crippen LogP contribution is 2.20. The van der Waals surface area contributed by atoms with Crippen molar-refractivity contribution in [2.75, 3.05) is 26.2 Å². The Morgan fingerprint density at radius 1 is 1.05 bits per heavy atom. The lowest BCUT2D eigenvalue weighted by Crippen LogP contribution is -2.30. The van der Waals surface area contributed by atoms with Crippen molar-refractivity contribution in [2.24, 2.45) is 0 Å². The van der Waals surface area contributed by atoms with Crippen molar-refractivity contribution < 1.29 is 0 Å². The summed E-state index contributed by atoms with van der Waals surface area (Å²) in [6.45, 7) is 15.7. The van der Waals surface area contributed by atoms with Crippen molar-refractivity contribution in [2.45, 2.75) is 53.5 Å². The first-order valence-electron chi connectivity index (χ1n) is 8.15. The van der Waals surface area contributed by atoms with Crippen LogP contribution in [0.15, 0.2) is 18.2 Å². The third-order valence-electron chi connectivity index (χ3n) is 4.20. The molecule has 0 saturated heterocycles. The molecule has 0 heterocycles. The van der Waals surface area contributed by atoms with Gasteiger partial charge in [-0.15, -0.1) is 0 Å². The normalized spacial score (nSPS) is 12.9. The maximum atomic E-state index is 3.71. The van der Waals surface area contributed by atoms with Crippen LogP contribution in [-0.2, 0) is 0 Å². The monoisotopic (exact) mass is 276 g/mol. The highest BCUT2D eigenvalue weighted by atomic mass is 15.1. The minimum absolute atomic E-state index is 0.481. The molecule has 2 nitrogen and oxygen atoms in total. The van der Waals surface area contributed by atoms with Gasteiger partial charge in [0.1, 0.15) is 0 Å². The largest absolute Gasteiger partial charge is 0.310 e. The molecule has 0 aromatic heterocycles. The van der Waals surface area contributed by atoms with Crippen molar-refractivity contribution in [3.63, 3.8) is 0 Å². The Morgan fingerprint density at radius 3 is 2.30 bits per heavy atom. The fraction of sp³-hybridized carbons (Fsp3) is 0.667. The molecule has 1 unspecified atom stereocenters. The van der Waals surface area contributed by atoms with E-state index in [0.29, 0.717) is 6.04 Å². The summed E-state index contributed by atoms with van der Waals surface area (Å²) in [6, 6.07) is 7.38. The lowest BCUT2D eigenvalue weighted by atomic mass is 9.98.